The Morgan fingerprint density at radius 2 is 2.24 bits per heavy atom. The first-order chi connectivity index (χ1) is 8.06. The monoisotopic (exact) mass is 238 g/mol. The number of rotatable bonds is 5. The number of anilines is 2. The van der Waals surface area contributed by atoms with Gasteiger partial charge in [0.25, 0.3) is 0 Å². The lowest BCUT2D eigenvalue weighted by Gasteiger charge is -2.14. The van der Waals surface area contributed by atoms with Crippen LogP contribution in [0.3, 0.4) is 0 Å². The molecule has 94 valence electrons. The molecule has 0 fully saturated rings. The number of aryl methyl sites for hydroxylation is 1. The summed E-state index contributed by atoms with van der Waals surface area (Å²) in [6.45, 7) is 5.74. The van der Waals surface area contributed by atoms with Gasteiger partial charge in [-0.1, -0.05) is 0 Å². The zero-order chi connectivity index (χ0) is 12.8. The fourth-order valence-electron chi connectivity index (χ4n) is 1.30. The van der Waals surface area contributed by atoms with Crippen LogP contribution in [0, 0.1) is 6.92 Å². The van der Waals surface area contributed by atoms with Crippen LogP contribution in [-0.2, 0) is 9.53 Å². The minimum atomic E-state index is -0.436. The molecule has 1 rings (SSSR count). The Bertz CT molecular complexity index is 395. The maximum atomic E-state index is 11.4. The van der Waals surface area contributed by atoms with Crippen molar-refractivity contribution in [2.45, 2.75) is 26.8 Å². The van der Waals surface area contributed by atoms with E-state index in [0.29, 0.717) is 18.4 Å². The van der Waals surface area contributed by atoms with Crippen LogP contribution in [0.1, 0.15) is 19.5 Å². The van der Waals surface area contributed by atoms with Gasteiger partial charge < -0.3 is 15.4 Å². The van der Waals surface area contributed by atoms with Crippen molar-refractivity contribution in [3.05, 3.63) is 11.8 Å². The van der Waals surface area contributed by atoms with Crippen LogP contribution in [0.2, 0.25) is 0 Å². The fraction of sp³-hybridized carbons (Fsp3) is 0.545. The van der Waals surface area contributed by atoms with E-state index in [2.05, 4.69) is 20.6 Å². The molecule has 6 nitrogen and oxygen atoms in total. The first-order valence-electron chi connectivity index (χ1n) is 5.53. The van der Waals surface area contributed by atoms with Crippen molar-refractivity contribution < 1.29 is 9.53 Å². The summed E-state index contributed by atoms with van der Waals surface area (Å²) in [6.07, 6.45) is 0. The molecule has 6 heteroatoms. The topological polar surface area (TPSA) is 76.1 Å². The second kappa shape index (κ2) is 6.03. The lowest BCUT2D eigenvalue weighted by molar-refractivity contribution is -0.143. The molecule has 0 saturated heterocycles. The third-order valence-corrected chi connectivity index (χ3v) is 2.08. The first-order valence-corrected chi connectivity index (χ1v) is 5.53. The Morgan fingerprint density at radius 3 is 2.82 bits per heavy atom. The van der Waals surface area contributed by atoms with Crippen molar-refractivity contribution in [2.75, 3.05) is 24.3 Å². The Hall–Kier alpha value is -1.85. The van der Waals surface area contributed by atoms with Crippen LogP contribution in [0.25, 0.3) is 0 Å². The number of carbonyl (C=O) groups is 1. The van der Waals surface area contributed by atoms with Gasteiger partial charge >= 0.3 is 5.97 Å². The summed E-state index contributed by atoms with van der Waals surface area (Å²) < 4.78 is 4.90. The quantitative estimate of drug-likeness (QED) is 0.750. The number of nitrogens with zero attached hydrogens (tertiary/aromatic N) is 2. The summed E-state index contributed by atoms with van der Waals surface area (Å²) in [5, 5.41) is 5.83. The van der Waals surface area contributed by atoms with E-state index in [1.165, 1.54) is 0 Å². The molecule has 0 aliphatic heterocycles. The molecule has 0 aliphatic rings. The van der Waals surface area contributed by atoms with Gasteiger partial charge in [0.15, 0.2) is 0 Å². The van der Waals surface area contributed by atoms with Gasteiger partial charge in [-0.2, -0.15) is 4.98 Å². The van der Waals surface area contributed by atoms with E-state index in [9.17, 15) is 4.79 Å². The molecular formula is C11H18N4O2. The molecule has 0 radical (unpaired) electrons. The molecule has 17 heavy (non-hydrogen) atoms. The number of esters is 1. The van der Waals surface area contributed by atoms with Crippen LogP contribution in [0.5, 0.6) is 0 Å². The molecule has 1 heterocycles. The van der Waals surface area contributed by atoms with Gasteiger partial charge in [0.2, 0.25) is 5.95 Å². The van der Waals surface area contributed by atoms with Crippen LogP contribution < -0.4 is 10.6 Å². The van der Waals surface area contributed by atoms with Crippen LogP contribution in [0.4, 0.5) is 11.8 Å². The molecule has 1 unspecified atom stereocenters. The van der Waals surface area contributed by atoms with Gasteiger partial charge in [0.1, 0.15) is 11.9 Å². The lowest BCUT2D eigenvalue weighted by Crippen LogP contribution is -2.28. The summed E-state index contributed by atoms with van der Waals surface area (Å²) in [6, 6.07) is 1.34. The first kappa shape index (κ1) is 13.2. The standard InChI is InChI=1S/C11H18N4O2/c1-5-17-10(16)8(3)14-9-6-7(2)13-11(12-4)15-9/h6,8H,5H2,1-4H3,(H2,12,13,14,15). The third kappa shape index (κ3) is 3.90. The highest BCUT2D eigenvalue weighted by molar-refractivity contribution is 5.78. The van der Waals surface area contributed by atoms with Gasteiger partial charge in [-0.25, -0.2) is 9.78 Å². The minimum Gasteiger partial charge on any atom is -0.464 e. The number of carbonyl (C=O) groups excluding carboxylic acids is 1. The summed E-state index contributed by atoms with van der Waals surface area (Å²) in [7, 11) is 1.74. The van der Waals surface area contributed by atoms with E-state index < -0.39 is 6.04 Å². The number of ether oxygens (including phenoxy) is 1. The molecule has 1 aromatic heterocycles. The predicted molar refractivity (Wildman–Crippen MR) is 66.0 cm³/mol. The average Bonchev–Trinajstić information content (AvgIpc) is 2.28. The van der Waals surface area contributed by atoms with E-state index in [0.717, 1.165) is 5.69 Å². The Balaban J connectivity index is 2.73. The van der Waals surface area contributed by atoms with Gasteiger partial charge in [0, 0.05) is 18.8 Å². The van der Waals surface area contributed by atoms with Crippen LogP contribution >= 0.6 is 0 Å². The maximum Gasteiger partial charge on any atom is 0.328 e. The molecule has 0 bridgehead atoms. The van der Waals surface area contributed by atoms with Crippen molar-refractivity contribution in [2.24, 2.45) is 0 Å². The Morgan fingerprint density at radius 1 is 1.53 bits per heavy atom. The highest BCUT2D eigenvalue weighted by Crippen LogP contribution is 2.10. The second-order valence-electron chi connectivity index (χ2n) is 3.59. The van der Waals surface area contributed by atoms with E-state index >= 15 is 0 Å². The zero-order valence-corrected chi connectivity index (χ0v) is 10.6. The van der Waals surface area contributed by atoms with Crippen LogP contribution in [0.15, 0.2) is 6.07 Å². The normalized spacial score (nSPS) is 11.8. The SMILES string of the molecule is CCOC(=O)C(C)Nc1cc(C)nc(NC)n1. The number of aromatic nitrogens is 2. The summed E-state index contributed by atoms with van der Waals surface area (Å²) in [5.41, 5.74) is 0.822. The number of hydrogen-bond donors (Lipinski definition) is 2. The number of nitrogens with one attached hydrogen (secondary N) is 2. The second-order valence-corrected chi connectivity index (χ2v) is 3.59. The highest BCUT2D eigenvalue weighted by atomic mass is 16.5. The van der Waals surface area contributed by atoms with Crippen molar-refractivity contribution in [3.8, 4) is 0 Å². The van der Waals surface area contributed by atoms with Gasteiger partial charge in [-0.05, 0) is 20.8 Å². The van der Waals surface area contributed by atoms with Crippen LogP contribution in [-0.4, -0.2) is 35.6 Å². The van der Waals surface area contributed by atoms with Gasteiger partial charge in [-0.3, -0.25) is 0 Å². The van der Waals surface area contributed by atoms with E-state index in [4.69, 9.17) is 4.74 Å². The van der Waals surface area contributed by atoms with Gasteiger partial charge in [-0.15, -0.1) is 0 Å². The fourth-order valence-corrected chi connectivity index (χ4v) is 1.30. The van der Waals surface area contributed by atoms with E-state index in [-0.39, 0.29) is 5.97 Å². The highest BCUT2D eigenvalue weighted by Gasteiger charge is 2.14. The molecule has 0 saturated carbocycles. The van der Waals surface area contributed by atoms with E-state index in [1.807, 2.05) is 6.92 Å². The zero-order valence-electron chi connectivity index (χ0n) is 10.6. The predicted octanol–water partition coefficient (Wildman–Crippen LogP) is 1.19. The summed E-state index contributed by atoms with van der Waals surface area (Å²) >= 11 is 0. The molecule has 0 amide bonds. The van der Waals surface area contributed by atoms with Crippen molar-refractivity contribution >= 4 is 17.7 Å². The summed E-state index contributed by atoms with van der Waals surface area (Å²) in [5.74, 6) is 0.820. The van der Waals surface area contributed by atoms with E-state index in [1.54, 1.807) is 27.0 Å². The van der Waals surface area contributed by atoms with Crippen molar-refractivity contribution in [1.29, 1.82) is 0 Å². The van der Waals surface area contributed by atoms with Crippen molar-refractivity contribution in [1.82, 2.24) is 9.97 Å². The molecule has 0 spiro atoms. The number of hydrogen-bond acceptors (Lipinski definition) is 6. The largest absolute Gasteiger partial charge is 0.464 e. The Kier molecular flexibility index (Phi) is 4.68. The minimum absolute atomic E-state index is 0.297. The molecule has 0 aliphatic carbocycles. The van der Waals surface area contributed by atoms with Gasteiger partial charge in [0.05, 0.1) is 6.61 Å². The summed E-state index contributed by atoms with van der Waals surface area (Å²) in [4.78, 5) is 19.8. The van der Waals surface area contributed by atoms with Crippen molar-refractivity contribution in [3.63, 3.8) is 0 Å². The lowest BCUT2D eigenvalue weighted by atomic mass is 10.3. The third-order valence-electron chi connectivity index (χ3n) is 2.08. The molecule has 1 atom stereocenters. The Labute approximate surface area is 101 Å². The molecule has 2 N–H and O–H groups in total. The molecular weight excluding hydrogens is 220 g/mol. The maximum absolute atomic E-state index is 11.4. The average molecular weight is 238 g/mol. The smallest absolute Gasteiger partial charge is 0.328 e. The molecule has 0 aromatic carbocycles. The molecule has 1 aromatic rings.